The van der Waals surface area contributed by atoms with Crippen molar-refractivity contribution in [2.45, 2.75) is 11.7 Å². The van der Waals surface area contributed by atoms with Gasteiger partial charge in [-0.1, -0.05) is 35.5 Å². The maximum atomic E-state index is 11.5. The Morgan fingerprint density at radius 3 is 3.05 bits per heavy atom. The third kappa shape index (κ3) is 4.42. The van der Waals surface area contributed by atoms with Crippen molar-refractivity contribution in [1.82, 2.24) is 5.32 Å². The van der Waals surface area contributed by atoms with Gasteiger partial charge in [-0.2, -0.15) is 5.10 Å². The molecule has 1 aliphatic rings. The number of amidine groups is 1. The van der Waals surface area contributed by atoms with Crippen LogP contribution in [-0.4, -0.2) is 33.6 Å². The van der Waals surface area contributed by atoms with E-state index >= 15 is 0 Å². The fraction of sp³-hybridized carbons (Fsp3) is 0.167. The summed E-state index contributed by atoms with van der Waals surface area (Å²) in [6.07, 6.45) is 1.28. The normalized spacial score (nSPS) is 20.2. The molecule has 1 fully saturated rings. The van der Waals surface area contributed by atoms with Gasteiger partial charge in [0.25, 0.3) is 0 Å². The van der Waals surface area contributed by atoms with Gasteiger partial charge < -0.3 is 10.4 Å². The first-order chi connectivity index (χ1) is 9.97. The van der Waals surface area contributed by atoms with Crippen molar-refractivity contribution >= 4 is 69.2 Å². The Morgan fingerprint density at radius 1 is 1.57 bits per heavy atom. The minimum Gasteiger partial charge on any atom is -0.481 e. The van der Waals surface area contributed by atoms with Crippen molar-refractivity contribution in [3.05, 3.63) is 32.4 Å². The van der Waals surface area contributed by atoms with Gasteiger partial charge in [0, 0.05) is 9.13 Å². The van der Waals surface area contributed by atoms with Gasteiger partial charge in [0.1, 0.15) is 5.25 Å². The lowest BCUT2D eigenvalue weighted by atomic mass is 10.2. The molecule has 1 amide bonds. The number of thioether (sulfide) groups is 1. The van der Waals surface area contributed by atoms with Crippen LogP contribution in [0.25, 0.3) is 0 Å². The summed E-state index contributed by atoms with van der Waals surface area (Å²) >= 11 is 9.14. The Bertz CT molecular complexity index is 651. The van der Waals surface area contributed by atoms with Gasteiger partial charge in [0.05, 0.1) is 17.7 Å². The zero-order chi connectivity index (χ0) is 15.4. The number of halogens is 2. The number of benzene rings is 1. The number of aliphatic carboxylic acids is 1. The molecule has 1 aromatic rings. The average molecular weight is 438 g/mol. The van der Waals surface area contributed by atoms with Crippen molar-refractivity contribution in [2.24, 2.45) is 10.2 Å². The van der Waals surface area contributed by atoms with E-state index in [1.54, 1.807) is 12.1 Å². The molecule has 0 spiro atoms. The SMILES string of the molecule is O=C(O)CC1SC(=NN=Cc2cccc(Cl)c2I)NC1=O. The van der Waals surface area contributed by atoms with Gasteiger partial charge >= 0.3 is 5.97 Å². The molecule has 1 heterocycles. The third-order valence-corrected chi connectivity index (χ3v) is 5.37. The van der Waals surface area contributed by atoms with Crippen LogP contribution in [-0.2, 0) is 9.59 Å². The predicted molar refractivity (Wildman–Crippen MR) is 91.0 cm³/mol. The summed E-state index contributed by atoms with van der Waals surface area (Å²) < 4.78 is 0.854. The molecular weight excluding hydrogens is 429 g/mol. The minimum atomic E-state index is -1.03. The molecule has 0 aromatic heterocycles. The van der Waals surface area contributed by atoms with Crippen LogP contribution in [0, 0.1) is 3.57 Å². The van der Waals surface area contributed by atoms with Gasteiger partial charge in [-0.05, 0) is 28.7 Å². The number of hydrogen-bond acceptors (Lipinski definition) is 5. The Balaban J connectivity index is 2.05. The number of carboxylic acids is 1. The molecule has 0 bridgehead atoms. The molecule has 2 rings (SSSR count). The summed E-state index contributed by atoms with van der Waals surface area (Å²) in [4.78, 5) is 22.1. The number of nitrogens with one attached hydrogen (secondary N) is 1. The molecule has 0 saturated carbocycles. The Labute approximate surface area is 143 Å². The van der Waals surface area contributed by atoms with Crippen LogP contribution in [0.2, 0.25) is 5.02 Å². The van der Waals surface area contributed by atoms with Crippen LogP contribution < -0.4 is 5.32 Å². The smallest absolute Gasteiger partial charge is 0.305 e. The fourth-order valence-corrected chi connectivity index (χ4v) is 3.10. The van der Waals surface area contributed by atoms with E-state index in [2.05, 4.69) is 38.1 Å². The number of carboxylic acid groups (broad SMARTS) is 1. The molecule has 1 unspecified atom stereocenters. The molecule has 6 nitrogen and oxygen atoms in total. The largest absolute Gasteiger partial charge is 0.481 e. The molecule has 1 aromatic carbocycles. The highest BCUT2D eigenvalue weighted by molar-refractivity contribution is 14.1. The highest BCUT2D eigenvalue weighted by atomic mass is 127. The quantitative estimate of drug-likeness (QED) is 0.430. The van der Waals surface area contributed by atoms with Gasteiger partial charge in [-0.3, -0.25) is 9.59 Å². The van der Waals surface area contributed by atoms with E-state index in [1.807, 2.05) is 6.07 Å². The monoisotopic (exact) mass is 437 g/mol. The number of carbonyl (C=O) groups excluding carboxylic acids is 1. The first kappa shape index (κ1) is 16.2. The van der Waals surface area contributed by atoms with E-state index in [1.165, 1.54) is 6.21 Å². The highest BCUT2D eigenvalue weighted by Crippen LogP contribution is 2.23. The van der Waals surface area contributed by atoms with Crippen LogP contribution in [0.5, 0.6) is 0 Å². The molecular formula is C12H9ClIN3O3S. The van der Waals surface area contributed by atoms with Gasteiger partial charge in [-0.15, -0.1) is 5.10 Å². The molecule has 1 atom stereocenters. The summed E-state index contributed by atoms with van der Waals surface area (Å²) in [5.41, 5.74) is 0.809. The topological polar surface area (TPSA) is 91.1 Å². The molecule has 110 valence electrons. The zero-order valence-electron chi connectivity index (χ0n) is 10.4. The van der Waals surface area contributed by atoms with Crippen LogP contribution in [0.3, 0.4) is 0 Å². The standard InChI is InChI=1S/C12H9ClIN3O3S/c13-7-3-1-2-6(10(7)14)5-15-17-12-16-11(20)8(21-12)4-9(18)19/h1-3,5,8H,4H2,(H,18,19)(H,16,17,20). The van der Waals surface area contributed by atoms with E-state index in [0.29, 0.717) is 10.2 Å². The highest BCUT2D eigenvalue weighted by Gasteiger charge is 2.32. The fourth-order valence-electron chi connectivity index (χ4n) is 1.51. The summed E-state index contributed by atoms with van der Waals surface area (Å²) in [5, 5.41) is 19.2. The number of nitrogens with zero attached hydrogens (tertiary/aromatic N) is 2. The lowest BCUT2D eigenvalue weighted by Crippen LogP contribution is -2.26. The summed E-state index contributed by atoms with van der Waals surface area (Å²) in [6, 6.07) is 5.41. The zero-order valence-corrected chi connectivity index (χ0v) is 14.1. The van der Waals surface area contributed by atoms with E-state index in [-0.39, 0.29) is 12.3 Å². The second-order valence-corrected chi connectivity index (χ2v) is 6.66. The molecule has 1 aliphatic heterocycles. The van der Waals surface area contributed by atoms with Gasteiger partial charge in [-0.25, -0.2) is 0 Å². The Kier molecular flexibility index (Phi) is 5.59. The molecule has 21 heavy (non-hydrogen) atoms. The maximum absolute atomic E-state index is 11.5. The predicted octanol–water partition coefficient (Wildman–Crippen LogP) is 2.34. The Hall–Kier alpha value is -1.13. The molecule has 1 saturated heterocycles. The van der Waals surface area contributed by atoms with E-state index in [0.717, 1.165) is 20.9 Å². The molecule has 2 N–H and O–H groups in total. The molecule has 9 heteroatoms. The van der Waals surface area contributed by atoms with Crippen molar-refractivity contribution < 1.29 is 14.7 Å². The number of rotatable bonds is 4. The van der Waals surface area contributed by atoms with Crippen molar-refractivity contribution in [2.75, 3.05) is 0 Å². The van der Waals surface area contributed by atoms with E-state index < -0.39 is 11.2 Å². The summed E-state index contributed by atoms with van der Waals surface area (Å²) in [6.45, 7) is 0. The van der Waals surface area contributed by atoms with Gasteiger partial charge in [0.15, 0.2) is 5.17 Å². The van der Waals surface area contributed by atoms with Crippen molar-refractivity contribution in [3.63, 3.8) is 0 Å². The number of carbonyl (C=O) groups is 2. The maximum Gasteiger partial charge on any atom is 0.305 e. The number of amides is 1. The van der Waals surface area contributed by atoms with Crippen LogP contribution in [0.1, 0.15) is 12.0 Å². The number of hydrogen-bond donors (Lipinski definition) is 2. The Morgan fingerprint density at radius 2 is 2.33 bits per heavy atom. The second kappa shape index (κ2) is 7.23. The van der Waals surface area contributed by atoms with Crippen LogP contribution in [0.4, 0.5) is 0 Å². The first-order valence-electron chi connectivity index (χ1n) is 5.71. The third-order valence-electron chi connectivity index (χ3n) is 2.46. The van der Waals surface area contributed by atoms with Crippen LogP contribution >= 0.6 is 46.0 Å². The van der Waals surface area contributed by atoms with E-state index in [9.17, 15) is 9.59 Å². The lowest BCUT2D eigenvalue weighted by molar-refractivity contribution is -0.138. The molecule has 0 radical (unpaired) electrons. The second-order valence-electron chi connectivity index (χ2n) is 3.99. The van der Waals surface area contributed by atoms with Crippen molar-refractivity contribution in [3.8, 4) is 0 Å². The van der Waals surface area contributed by atoms with Crippen LogP contribution in [0.15, 0.2) is 28.4 Å². The average Bonchev–Trinajstić information content (AvgIpc) is 2.74. The molecule has 0 aliphatic carbocycles. The summed E-state index contributed by atoms with van der Waals surface area (Å²) in [7, 11) is 0. The minimum absolute atomic E-state index is 0.245. The van der Waals surface area contributed by atoms with E-state index in [4.69, 9.17) is 16.7 Å². The van der Waals surface area contributed by atoms with Gasteiger partial charge in [0.2, 0.25) is 5.91 Å². The lowest BCUT2D eigenvalue weighted by Gasteiger charge is -1.98. The first-order valence-corrected chi connectivity index (χ1v) is 8.05. The van der Waals surface area contributed by atoms with Crippen molar-refractivity contribution in [1.29, 1.82) is 0 Å². The summed E-state index contributed by atoms with van der Waals surface area (Å²) in [5.74, 6) is -1.39.